The highest BCUT2D eigenvalue weighted by atomic mass is 32.2. The second-order valence-corrected chi connectivity index (χ2v) is 6.38. The predicted octanol–water partition coefficient (Wildman–Crippen LogP) is 4.70. The minimum Gasteiger partial charge on any atom is -0.380 e. The summed E-state index contributed by atoms with van der Waals surface area (Å²) in [5, 5.41) is 14.2. The quantitative estimate of drug-likeness (QED) is 0.408. The van der Waals surface area contributed by atoms with Crippen LogP contribution < -0.4 is 5.32 Å². The molecule has 112 valence electrons. The van der Waals surface area contributed by atoms with Crippen LogP contribution in [0.4, 0.5) is 11.4 Å². The Kier molecular flexibility index (Phi) is 7.44. The standard InChI is InChI=1S/C15H24N2O2S/c1-4-8-16-14-6-5-13(10-15(14)17(18)19)11-20-9-7-12(2)3/h5-6,10,12,16H,4,7-9,11H2,1-3H3. The maximum Gasteiger partial charge on any atom is 0.292 e. The Morgan fingerprint density at radius 2 is 2.15 bits per heavy atom. The van der Waals surface area contributed by atoms with E-state index >= 15 is 0 Å². The highest BCUT2D eigenvalue weighted by Gasteiger charge is 2.14. The number of hydrogen-bond acceptors (Lipinski definition) is 4. The lowest BCUT2D eigenvalue weighted by atomic mass is 10.2. The Labute approximate surface area is 125 Å². The summed E-state index contributed by atoms with van der Waals surface area (Å²) in [5.74, 6) is 2.64. The third-order valence-electron chi connectivity index (χ3n) is 2.93. The van der Waals surface area contributed by atoms with Crippen molar-refractivity contribution in [1.82, 2.24) is 0 Å². The summed E-state index contributed by atoms with van der Waals surface area (Å²) in [5.41, 5.74) is 1.82. The number of benzene rings is 1. The molecule has 1 aromatic rings. The molecule has 0 aromatic heterocycles. The lowest BCUT2D eigenvalue weighted by Gasteiger charge is -2.08. The van der Waals surface area contributed by atoms with E-state index in [-0.39, 0.29) is 10.6 Å². The molecule has 0 heterocycles. The molecule has 0 atom stereocenters. The topological polar surface area (TPSA) is 55.2 Å². The van der Waals surface area contributed by atoms with Crippen LogP contribution in [0.1, 0.15) is 39.2 Å². The fourth-order valence-electron chi connectivity index (χ4n) is 1.74. The van der Waals surface area contributed by atoms with Crippen molar-refractivity contribution in [2.24, 2.45) is 5.92 Å². The Bertz CT molecular complexity index is 436. The first kappa shape index (κ1) is 16.8. The van der Waals surface area contributed by atoms with Crippen molar-refractivity contribution in [3.63, 3.8) is 0 Å². The van der Waals surface area contributed by atoms with Crippen molar-refractivity contribution < 1.29 is 4.92 Å². The van der Waals surface area contributed by atoms with Crippen LogP contribution in [0, 0.1) is 16.0 Å². The van der Waals surface area contributed by atoms with Gasteiger partial charge in [0.2, 0.25) is 0 Å². The molecule has 4 nitrogen and oxygen atoms in total. The van der Waals surface area contributed by atoms with Gasteiger partial charge in [0.05, 0.1) is 4.92 Å². The molecule has 0 amide bonds. The lowest BCUT2D eigenvalue weighted by Crippen LogP contribution is -2.03. The summed E-state index contributed by atoms with van der Waals surface area (Å²) in [7, 11) is 0. The summed E-state index contributed by atoms with van der Waals surface area (Å²) < 4.78 is 0. The van der Waals surface area contributed by atoms with Crippen molar-refractivity contribution in [3.05, 3.63) is 33.9 Å². The number of rotatable bonds is 9. The second-order valence-electron chi connectivity index (χ2n) is 5.27. The number of nitro benzene ring substituents is 1. The third kappa shape index (κ3) is 5.82. The highest BCUT2D eigenvalue weighted by Crippen LogP contribution is 2.27. The van der Waals surface area contributed by atoms with Gasteiger partial charge in [-0.05, 0) is 36.1 Å². The van der Waals surface area contributed by atoms with Gasteiger partial charge in [0.1, 0.15) is 5.69 Å². The minimum absolute atomic E-state index is 0.181. The minimum atomic E-state index is -0.305. The molecule has 0 unspecified atom stereocenters. The van der Waals surface area contributed by atoms with Gasteiger partial charge in [0.25, 0.3) is 5.69 Å². The maximum atomic E-state index is 11.1. The van der Waals surface area contributed by atoms with Gasteiger partial charge in [-0.15, -0.1) is 0 Å². The van der Waals surface area contributed by atoms with Crippen LogP contribution in [0.15, 0.2) is 18.2 Å². The van der Waals surface area contributed by atoms with Gasteiger partial charge in [0.15, 0.2) is 0 Å². The van der Waals surface area contributed by atoms with E-state index in [9.17, 15) is 10.1 Å². The molecule has 1 N–H and O–H groups in total. The van der Waals surface area contributed by atoms with E-state index in [4.69, 9.17) is 0 Å². The maximum absolute atomic E-state index is 11.1. The zero-order chi connectivity index (χ0) is 15.0. The monoisotopic (exact) mass is 296 g/mol. The molecule has 0 spiro atoms. The van der Waals surface area contributed by atoms with E-state index in [1.54, 1.807) is 6.07 Å². The van der Waals surface area contributed by atoms with E-state index < -0.39 is 0 Å². The molecular weight excluding hydrogens is 272 g/mol. The fourth-order valence-corrected chi connectivity index (χ4v) is 2.93. The largest absolute Gasteiger partial charge is 0.380 e. The molecule has 0 aliphatic carbocycles. The number of nitrogens with zero attached hydrogens (tertiary/aromatic N) is 1. The summed E-state index contributed by atoms with van der Waals surface area (Å²) in [6.45, 7) is 7.21. The van der Waals surface area contributed by atoms with Gasteiger partial charge >= 0.3 is 0 Å². The van der Waals surface area contributed by atoms with Gasteiger partial charge in [-0.3, -0.25) is 10.1 Å². The van der Waals surface area contributed by atoms with Gasteiger partial charge in [0, 0.05) is 18.4 Å². The second kappa shape index (κ2) is 8.84. The number of nitro groups is 1. The van der Waals surface area contributed by atoms with Gasteiger partial charge in [-0.25, -0.2) is 0 Å². The third-order valence-corrected chi connectivity index (χ3v) is 3.99. The molecule has 0 aliphatic rings. The molecule has 0 aliphatic heterocycles. The molecule has 0 radical (unpaired) electrons. The van der Waals surface area contributed by atoms with Crippen molar-refractivity contribution in [3.8, 4) is 0 Å². The first-order valence-electron chi connectivity index (χ1n) is 7.13. The molecule has 0 bridgehead atoms. The Balaban J connectivity index is 2.65. The first-order valence-corrected chi connectivity index (χ1v) is 8.29. The van der Waals surface area contributed by atoms with Gasteiger partial charge in [-0.2, -0.15) is 11.8 Å². The number of thioether (sulfide) groups is 1. The molecule has 0 saturated carbocycles. The van der Waals surface area contributed by atoms with Crippen molar-refractivity contribution in [1.29, 1.82) is 0 Å². The summed E-state index contributed by atoms with van der Waals surface area (Å²) in [4.78, 5) is 10.8. The molecule has 1 aromatic carbocycles. The van der Waals surface area contributed by atoms with Crippen LogP contribution in [0.2, 0.25) is 0 Å². The Hall–Kier alpha value is -1.23. The molecular formula is C15H24N2O2S. The van der Waals surface area contributed by atoms with Crippen LogP contribution in [-0.2, 0) is 5.75 Å². The number of hydrogen-bond donors (Lipinski definition) is 1. The van der Waals surface area contributed by atoms with Crippen molar-refractivity contribution in [2.75, 3.05) is 17.6 Å². The molecule has 5 heteroatoms. The fraction of sp³-hybridized carbons (Fsp3) is 0.600. The van der Waals surface area contributed by atoms with E-state index in [2.05, 4.69) is 19.2 Å². The van der Waals surface area contributed by atoms with Crippen molar-refractivity contribution in [2.45, 2.75) is 39.4 Å². The van der Waals surface area contributed by atoms with E-state index in [0.717, 1.165) is 30.0 Å². The van der Waals surface area contributed by atoms with Crippen LogP contribution in [0.5, 0.6) is 0 Å². The Morgan fingerprint density at radius 3 is 2.75 bits per heavy atom. The van der Waals surface area contributed by atoms with E-state index in [0.29, 0.717) is 11.6 Å². The normalized spacial score (nSPS) is 10.8. The van der Waals surface area contributed by atoms with Crippen molar-refractivity contribution >= 4 is 23.1 Å². The smallest absolute Gasteiger partial charge is 0.292 e. The predicted molar refractivity (Wildman–Crippen MR) is 87.5 cm³/mol. The summed E-state index contributed by atoms with van der Waals surface area (Å²) >= 11 is 1.84. The zero-order valence-electron chi connectivity index (χ0n) is 12.5. The number of anilines is 1. The highest BCUT2D eigenvalue weighted by molar-refractivity contribution is 7.98. The van der Waals surface area contributed by atoms with Gasteiger partial charge < -0.3 is 5.32 Å². The van der Waals surface area contributed by atoms with Crippen LogP contribution in [0.3, 0.4) is 0 Å². The molecule has 1 rings (SSSR count). The van der Waals surface area contributed by atoms with Crippen LogP contribution in [-0.4, -0.2) is 17.2 Å². The summed E-state index contributed by atoms with van der Waals surface area (Å²) in [6.07, 6.45) is 2.13. The Morgan fingerprint density at radius 1 is 1.40 bits per heavy atom. The molecule has 0 fully saturated rings. The molecule has 20 heavy (non-hydrogen) atoms. The average Bonchev–Trinajstić information content (AvgIpc) is 2.41. The molecule has 0 saturated heterocycles. The van der Waals surface area contributed by atoms with Gasteiger partial charge in [-0.1, -0.05) is 26.8 Å². The van der Waals surface area contributed by atoms with Crippen LogP contribution in [0.25, 0.3) is 0 Å². The number of nitrogens with one attached hydrogen (secondary N) is 1. The van der Waals surface area contributed by atoms with Crippen LogP contribution >= 0.6 is 11.8 Å². The lowest BCUT2D eigenvalue weighted by molar-refractivity contribution is -0.384. The zero-order valence-corrected chi connectivity index (χ0v) is 13.3. The van der Waals surface area contributed by atoms with E-state index in [1.165, 1.54) is 6.42 Å². The average molecular weight is 296 g/mol. The first-order chi connectivity index (χ1) is 9.54. The SMILES string of the molecule is CCCNc1ccc(CSCCC(C)C)cc1[N+](=O)[O-]. The summed E-state index contributed by atoms with van der Waals surface area (Å²) in [6, 6.07) is 5.50. The van der Waals surface area contributed by atoms with E-state index in [1.807, 2.05) is 30.8 Å².